The van der Waals surface area contributed by atoms with E-state index in [0.29, 0.717) is 19.5 Å². The van der Waals surface area contributed by atoms with Crippen LogP contribution >= 0.6 is 0 Å². The predicted molar refractivity (Wildman–Crippen MR) is 175 cm³/mol. The third-order valence-corrected chi connectivity index (χ3v) is 7.99. The number of amides is 1. The number of esters is 6. The van der Waals surface area contributed by atoms with E-state index in [4.69, 9.17) is 47.4 Å². The Bertz CT molecular complexity index is 1240. The minimum absolute atomic E-state index is 0.00620. The molecule has 2 rings (SSSR count). The van der Waals surface area contributed by atoms with Crippen LogP contribution in [0.5, 0.6) is 0 Å². The van der Waals surface area contributed by atoms with Crippen molar-refractivity contribution in [2.75, 3.05) is 26.3 Å². The minimum atomic E-state index is -1.58. The van der Waals surface area contributed by atoms with Crippen LogP contribution in [0.4, 0.5) is 0 Å². The summed E-state index contributed by atoms with van der Waals surface area (Å²) in [6, 6.07) is 0. The van der Waals surface area contributed by atoms with Crippen molar-refractivity contribution in [3.8, 4) is 0 Å². The topological polar surface area (TPSA) is 215 Å². The van der Waals surface area contributed by atoms with Crippen molar-refractivity contribution in [2.24, 2.45) is 0 Å². The Morgan fingerprint density at radius 3 is 1.67 bits per heavy atom. The molecular weight excluding hydrogens is 694 g/mol. The fourth-order valence-corrected chi connectivity index (χ4v) is 5.91. The number of hydrogen-bond acceptors (Lipinski definition) is 17. The van der Waals surface area contributed by atoms with Crippen LogP contribution in [0.1, 0.15) is 88.0 Å². The largest absolute Gasteiger partial charge is 0.463 e. The van der Waals surface area contributed by atoms with Crippen molar-refractivity contribution < 1.29 is 80.9 Å². The summed E-state index contributed by atoms with van der Waals surface area (Å²) in [5, 5.41) is 0. The van der Waals surface area contributed by atoms with E-state index in [1.165, 1.54) is 13.8 Å². The van der Waals surface area contributed by atoms with E-state index in [0.717, 1.165) is 60.8 Å². The summed E-state index contributed by atoms with van der Waals surface area (Å²) in [6.07, 6.45) is -10.6. The molecule has 0 bridgehead atoms. The van der Waals surface area contributed by atoms with Crippen LogP contribution in [0, 0.1) is 0 Å². The van der Waals surface area contributed by atoms with Crippen LogP contribution in [0.25, 0.3) is 0 Å². The van der Waals surface area contributed by atoms with E-state index in [9.17, 15) is 33.6 Å². The summed E-state index contributed by atoms with van der Waals surface area (Å²) in [4.78, 5) is 86.3. The van der Waals surface area contributed by atoms with Gasteiger partial charge in [0.25, 0.3) is 0 Å². The summed E-state index contributed by atoms with van der Waals surface area (Å²) in [7, 11) is 0. The van der Waals surface area contributed by atoms with E-state index in [2.05, 4.69) is 0 Å². The molecule has 18 heteroatoms. The molecule has 0 unspecified atom stereocenters. The Morgan fingerprint density at radius 1 is 0.615 bits per heavy atom. The molecule has 2 saturated heterocycles. The van der Waals surface area contributed by atoms with E-state index in [1.807, 2.05) is 6.92 Å². The maximum absolute atomic E-state index is 12.5. The quantitative estimate of drug-likeness (QED) is 0.104. The molecule has 2 heterocycles. The molecular formula is C34H53NO17. The molecule has 1 amide bonds. The van der Waals surface area contributed by atoms with Crippen molar-refractivity contribution in [2.45, 2.75) is 149 Å². The first kappa shape index (κ1) is 44.3. The van der Waals surface area contributed by atoms with Crippen molar-refractivity contribution in [3.05, 3.63) is 0 Å². The van der Waals surface area contributed by atoms with Crippen molar-refractivity contribution in [1.82, 2.24) is 4.90 Å². The molecule has 2 aliphatic rings. The first-order chi connectivity index (χ1) is 24.4. The highest BCUT2D eigenvalue weighted by Crippen LogP contribution is 2.36. The Kier molecular flexibility index (Phi) is 18.4. The van der Waals surface area contributed by atoms with Gasteiger partial charge in [0.1, 0.15) is 31.0 Å². The van der Waals surface area contributed by atoms with Crippen LogP contribution in [0.15, 0.2) is 0 Å². The van der Waals surface area contributed by atoms with Gasteiger partial charge in [0, 0.05) is 68.2 Å². The Labute approximate surface area is 303 Å². The van der Waals surface area contributed by atoms with Gasteiger partial charge in [0.2, 0.25) is 5.91 Å². The average molecular weight is 748 g/mol. The lowest BCUT2D eigenvalue weighted by Crippen LogP contribution is -2.63. The lowest BCUT2D eigenvalue weighted by atomic mass is 9.97. The molecule has 296 valence electrons. The Balaban J connectivity index is 2.42. The maximum Gasteiger partial charge on any atom is 0.303 e. The van der Waals surface area contributed by atoms with Gasteiger partial charge < -0.3 is 52.3 Å². The molecule has 0 aromatic carbocycles. The molecule has 0 aromatic heterocycles. The van der Waals surface area contributed by atoms with E-state index in [1.54, 1.807) is 4.90 Å². The number of hydrogen-bond donors (Lipinski definition) is 0. The van der Waals surface area contributed by atoms with Gasteiger partial charge in [-0.2, -0.15) is 0 Å². The van der Waals surface area contributed by atoms with E-state index >= 15 is 0 Å². The molecule has 0 aliphatic carbocycles. The summed E-state index contributed by atoms with van der Waals surface area (Å²) < 4.78 is 57.2. The van der Waals surface area contributed by atoms with Crippen LogP contribution in [-0.4, -0.2) is 134 Å². The second kappa shape index (κ2) is 21.6. The average Bonchev–Trinajstić information content (AvgIpc) is 3.34. The van der Waals surface area contributed by atoms with Gasteiger partial charge in [-0.3, -0.25) is 33.6 Å². The Morgan fingerprint density at radius 2 is 1.15 bits per heavy atom. The smallest absolute Gasteiger partial charge is 0.303 e. The van der Waals surface area contributed by atoms with E-state index in [-0.39, 0.29) is 12.5 Å². The number of carbonyl (C=O) groups is 7. The van der Waals surface area contributed by atoms with Crippen molar-refractivity contribution in [1.29, 1.82) is 0 Å². The number of carbonyl (C=O) groups excluding carboxylic acids is 7. The summed E-state index contributed by atoms with van der Waals surface area (Å²) in [6.45, 7) is 12.6. The van der Waals surface area contributed by atoms with Crippen LogP contribution in [0.2, 0.25) is 0 Å². The van der Waals surface area contributed by atoms with Gasteiger partial charge in [0.05, 0.1) is 0 Å². The number of unbranched alkanes of at least 4 members (excludes halogenated alkanes) is 3. The maximum atomic E-state index is 12.5. The zero-order valence-electron chi connectivity index (χ0n) is 31.3. The van der Waals surface area contributed by atoms with Gasteiger partial charge in [0.15, 0.2) is 37.0 Å². The lowest BCUT2D eigenvalue weighted by molar-refractivity contribution is -0.333. The number of rotatable bonds is 19. The van der Waals surface area contributed by atoms with Crippen molar-refractivity contribution >= 4 is 41.7 Å². The molecule has 10 atom stereocenters. The van der Waals surface area contributed by atoms with Crippen LogP contribution < -0.4 is 0 Å². The Hall–Kier alpha value is -3.87. The normalized spacial score (nSPS) is 27.4. The fourth-order valence-electron chi connectivity index (χ4n) is 5.91. The van der Waals surface area contributed by atoms with Gasteiger partial charge >= 0.3 is 35.8 Å². The summed E-state index contributed by atoms with van der Waals surface area (Å²) >= 11 is 0. The second-order valence-corrected chi connectivity index (χ2v) is 12.4. The van der Waals surface area contributed by atoms with Crippen LogP contribution in [-0.2, 0) is 80.9 Å². The molecule has 0 aromatic rings. The zero-order valence-corrected chi connectivity index (χ0v) is 31.3. The van der Waals surface area contributed by atoms with Gasteiger partial charge in [-0.15, -0.1) is 0 Å². The predicted octanol–water partition coefficient (Wildman–Crippen LogP) is 1.51. The summed E-state index contributed by atoms with van der Waals surface area (Å²) in [5.41, 5.74) is 0. The standard InChI is InChI=1S/C34H53NO17/c1-10-35(19(3)36)15-13-11-12-14-16-43-33-31(48-24(8)41)30(47-23(7)40)28(26(50-33)17-44-20(4)37)52-34-32(49-25(9)42)29(46-22(6)39)27(51-34)18(2)45-21(5)38/h18,26-34H,10-17H2,1-9H3/t18-,26-,27+,28+,29+,30+,31-,32-,33-,34-/m1/s1. The molecule has 2 fully saturated rings. The third kappa shape index (κ3) is 14.3. The minimum Gasteiger partial charge on any atom is -0.463 e. The molecule has 0 spiro atoms. The number of ether oxygens (including phenoxy) is 10. The summed E-state index contributed by atoms with van der Waals surface area (Å²) in [5.74, 6) is -4.51. The third-order valence-electron chi connectivity index (χ3n) is 7.99. The molecule has 0 radical (unpaired) electrons. The van der Waals surface area contributed by atoms with Gasteiger partial charge in [-0.1, -0.05) is 12.8 Å². The highest BCUT2D eigenvalue weighted by Gasteiger charge is 2.57. The van der Waals surface area contributed by atoms with Gasteiger partial charge in [-0.25, -0.2) is 0 Å². The SMILES string of the molecule is CCN(CCCCCCO[C@@H]1O[C@H](COC(C)=O)[C@H](O[C@H]2O[C@@H]([C@@H](C)OC(C)=O)[C@H](OC(C)=O)[C@H]2OC(C)=O)[C@H](OC(C)=O)[C@H]1OC(C)=O)C(C)=O. The highest BCUT2D eigenvalue weighted by molar-refractivity contribution is 5.73. The molecule has 18 nitrogen and oxygen atoms in total. The van der Waals surface area contributed by atoms with Crippen molar-refractivity contribution in [3.63, 3.8) is 0 Å². The van der Waals surface area contributed by atoms with Gasteiger partial charge in [-0.05, 0) is 26.7 Å². The highest BCUT2D eigenvalue weighted by atomic mass is 16.8. The van der Waals surface area contributed by atoms with Crippen LogP contribution in [0.3, 0.4) is 0 Å². The lowest BCUT2D eigenvalue weighted by Gasteiger charge is -2.45. The first-order valence-corrected chi connectivity index (χ1v) is 17.3. The molecule has 0 N–H and O–H groups in total. The second-order valence-electron chi connectivity index (χ2n) is 12.4. The molecule has 52 heavy (non-hydrogen) atoms. The molecule has 2 aliphatic heterocycles. The monoisotopic (exact) mass is 747 g/mol. The fraction of sp³-hybridized carbons (Fsp3) is 0.794. The zero-order chi connectivity index (χ0) is 39.1. The molecule has 0 saturated carbocycles. The number of nitrogens with zero attached hydrogens (tertiary/aromatic N) is 1. The van der Waals surface area contributed by atoms with E-state index < -0.39 is 104 Å². The first-order valence-electron chi connectivity index (χ1n) is 17.3.